The van der Waals surface area contributed by atoms with Crippen molar-refractivity contribution in [2.45, 2.75) is 25.8 Å². The number of aromatic nitrogens is 1. The lowest BCUT2D eigenvalue weighted by Gasteiger charge is -2.26. The van der Waals surface area contributed by atoms with Crippen molar-refractivity contribution in [3.8, 4) is 0 Å². The van der Waals surface area contributed by atoms with Crippen LogP contribution in [0.5, 0.6) is 0 Å². The minimum atomic E-state index is -2.72. The van der Waals surface area contributed by atoms with Gasteiger partial charge in [-0.1, -0.05) is 0 Å². The molecule has 2 aliphatic heterocycles. The number of hydrogen-bond acceptors (Lipinski definition) is 3. The molecule has 1 aromatic rings. The number of pyridine rings is 1. The quantitative estimate of drug-likeness (QED) is 0.834. The van der Waals surface area contributed by atoms with Gasteiger partial charge in [0.15, 0.2) is 0 Å². The molecule has 20 heavy (non-hydrogen) atoms. The summed E-state index contributed by atoms with van der Waals surface area (Å²) in [6.07, 6.45) is 0.427. The van der Waals surface area contributed by atoms with Crippen LogP contribution < -0.4 is 0 Å². The van der Waals surface area contributed by atoms with Gasteiger partial charge in [-0.15, -0.1) is 0 Å². The van der Waals surface area contributed by atoms with Crippen LogP contribution in [0.15, 0.2) is 18.5 Å². The maximum absolute atomic E-state index is 13.2. The summed E-state index contributed by atoms with van der Waals surface area (Å²) in [5, 5.41) is 2.98. The number of rotatable bonds is 2. The summed E-state index contributed by atoms with van der Waals surface area (Å²) in [6.45, 7) is 1.79. The fourth-order valence-corrected chi connectivity index (χ4v) is 2.91. The molecule has 1 aromatic heterocycles. The van der Waals surface area contributed by atoms with Gasteiger partial charge in [0.1, 0.15) is 11.2 Å². The molecule has 3 rings (SSSR count). The van der Waals surface area contributed by atoms with Crippen molar-refractivity contribution >= 4 is 5.91 Å². The van der Waals surface area contributed by atoms with Crippen molar-refractivity contribution in [3.63, 3.8) is 0 Å². The topological polar surface area (TPSA) is 36.4 Å². The molecule has 7 heteroatoms. The van der Waals surface area contributed by atoms with E-state index in [4.69, 9.17) is 0 Å². The average molecular weight is 285 g/mol. The maximum atomic E-state index is 13.2. The van der Waals surface area contributed by atoms with E-state index in [0.29, 0.717) is 18.5 Å². The van der Waals surface area contributed by atoms with Crippen molar-refractivity contribution in [1.82, 2.24) is 15.0 Å². The molecule has 2 atom stereocenters. The first-order chi connectivity index (χ1) is 9.43. The van der Waals surface area contributed by atoms with Crippen molar-refractivity contribution in [2.24, 2.45) is 5.41 Å². The fourth-order valence-electron chi connectivity index (χ4n) is 2.91. The fraction of sp³-hybridized carbons (Fsp3) is 0.538. The standard InChI is InChI=1S/C13H14F3N3O/c1-13(11(15)16)7-18-3-2-10(19(18)12(13)20)8-4-9(14)6-17-5-8/h4-6,10-11H,2-3,7H2,1H3/t10-,13-/m1/s1. The molecule has 108 valence electrons. The Hall–Kier alpha value is -1.63. The second-order valence-corrected chi connectivity index (χ2v) is 5.50. The van der Waals surface area contributed by atoms with Crippen LogP contribution in [-0.2, 0) is 4.79 Å². The first-order valence-electron chi connectivity index (χ1n) is 6.40. The molecule has 2 aliphatic rings. The number of alkyl halides is 2. The number of carbonyl (C=O) groups is 1. The summed E-state index contributed by atoms with van der Waals surface area (Å²) in [6, 6.07) is 0.887. The highest BCUT2D eigenvalue weighted by atomic mass is 19.3. The largest absolute Gasteiger partial charge is 0.272 e. The molecule has 2 saturated heterocycles. The summed E-state index contributed by atoms with van der Waals surface area (Å²) in [5.41, 5.74) is -1.14. The molecule has 1 amide bonds. The monoisotopic (exact) mass is 285 g/mol. The van der Waals surface area contributed by atoms with Crippen LogP contribution in [0.25, 0.3) is 0 Å². The Morgan fingerprint density at radius 3 is 2.85 bits per heavy atom. The van der Waals surface area contributed by atoms with Gasteiger partial charge in [0.05, 0.1) is 12.2 Å². The number of amides is 1. The predicted molar refractivity (Wildman–Crippen MR) is 64.1 cm³/mol. The molecular weight excluding hydrogens is 271 g/mol. The van der Waals surface area contributed by atoms with Crippen molar-refractivity contribution in [3.05, 3.63) is 29.8 Å². The van der Waals surface area contributed by atoms with Crippen LogP contribution >= 0.6 is 0 Å². The van der Waals surface area contributed by atoms with Crippen molar-refractivity contribution in [1.29, 1.82) is 0 Å². The van der Waals surface area contributed by atoms with Crippen molar-refractivity contribution < 1.29 is 18.0 Å². The maximum Gasteiger partial charge on any atom is 0.254 e. The smallest absolute Gasteiger partial charge is 0.254 e. The summed E-state index contributed by atoms with van der Waals surface area (Å²) < 4.78 is 39.5. The molecule has 3 heterocycles. The van der Waals surface area contributed by atoms with Crippen LogP contribution in [-0.4, -0.2) is 40.4 Å². The van der Waals surface area contributed by atoms with E-state index in [9.17, 15) is 18.0 Å². The first kappa shape index (κ1) is 13.4. The predicted octanol–water partition coefficient (Wildman–Crippen LogP) is 2.00. The third-order valence-corrected chi connectivity index (χ3v) is 4.06. The number of nitrogens with zero attached hydrogens (tertiary/aromatic N) is 3. The summed E-state index contributed by atoms with van der Waals surface area (Å²) >= 11 is 0. The third kappa shape index (κ3) is 1.80. The normalized spacial score (nSPS) is 30.4. The van der Waals surface area contributed by atoms with Crippen LogP contribution in [0, 0.1) is 11.2 Å². The number of fused-ring (bicyclic) bond motifs is 1. The molecule has 0 unspecified atom stereocenters. The minimum absolute atomic E-state index is 0.00272. The Morgan fingerprint density at radius 2 is 2.20 bits per heavy atom. The van der Waals surface area contributed by atoms with Gasteiger partial charge < -0.3 is 0 Å². The zero-order chi connectivity index (χ0) is 14.5. The van der Waals surface area contributed by atoms with E-state index in [2.05, 4.69) is 4.98 Å². The third-order valence-electron chi connectivity index (χ3n) is 4.06. The van der Waals surface area contributed by atoms with Crippen LogP contribution in [0.2, 0.25) is 0 Å². The van der Waals surface area contributed by atoms with Gasteiger partial charge in [0.2, 0.25) is 0 Å². The number of hydrogen-bond donors (Lipinski definition) is 0. The average Bonchev–Trinajstić information content (AvgIpc) is 2.90. The van der Waals surface area contributed by atoms with Gasteiger partial charge in [0, 0.05) is 19.3 Å². The molecular formula is C13H14F3N3O. The Labute approximate surface area is 114 Å². The lowest BCUT2D eigenvalue weighted by Crippen LogP contribution is -2.39. The van der Waals surface area contributed by atoms with Gasteiger partial charge in [0.25, 0.3) is 12.3 Å². The van der Waals surface area contributed by atoms with E-state index in [1.807, 2.05) is 0 Å². The SMILES string of the molecule is C[C@]1(C(F)F)CN2CC[C@H](c3cncc(F)c3)N2C1=O. The first-order valence-corrected chi connectivity index (χ1v) is 6.40. The molecule has 0 spiro atoms. The summed E-state index contributed by atoms with van der Waals surface area (Å²) in [7, 11) is 0. The van der Waals surface area contributed by atoms with Crippen LogP contribution in [0.4, 0.5) is 13.2 Å². The molecule has 0 aliphatic carbocycles. The molecule has 0 N–H and O–H groups in total. The second kappa shape index (κ2) is 4.44. The van der Waals surface area contributed by atoms with E-state index in [0.717, 1.165) is 6.20 Å². The number of carbonyl (C=O) groups excluding carboxylic acids is 1. The highest BCUT2D eigenvalue weighted by molar-refractivity contribution is 5.85. The van der Waals surface area contributed by atoms with Gasteiger partial charge in [-0.05, 0) is 25.0 Å². The second-order valence-electron chi connectivity index (χ2n) is 5.50. The molecule has 0 bridgehead atoms. The molecule has 0 saturated carbocycles. The lowest BCUT2D eigenvalue weighted by molar-refractivity contribution is -0.147. The highest BCUT2D eigenvalue weighted by Gasteiger charge is 2.57. The molecule has 2 fully saturated rings. The molecule has 0 radical (unpaired) electrons. The van der Waals surface area contributed by atoms with Gasteiger partial charge in [-0.3, -0.25) is 14.8 Å². The zero-order valence-corrected chi connectivity index (χ0v) is 10.9. The van der Waals surface area contributed by atoms with Crippen LogP contribution in [0.1, 0.15) is 24.9 Å². The van der Waals surface area contributed by atoms with E-state index in [1.54, 1.807) is 5.01 Å². The van der Waals surface area contributed by atoms with Crippen molar-refractivity contribution in [2.75, 3.05) is 13.1 Å². The lowest BCUT2D eigenvalue weighted by atomic mass is 9.90. The summed E-state index contributed by atoms with van der Waals surface area (Å²) in [4.78, 5) is 16.1. The molecule has 0 aromatic carbocycles. The van der Waals surface area contributed by atoms with E-state index < -0.39 is 29.6 Å². The van der Waals surface area contributed by atoms with Crippen LogP contribution in [0.3, 0.4) is 0 Å². The summed E-state index contributed by atoms with van der Waals surface area (Å²) in [5.74, 6) is -1.09. The Kier molecular flexibility index (Phi) is 2.97. The van der Waals surface area contributed by atoms with E-state index >= 15 is 0 Å². The Bertz CT molecular complexity index is 553. The Morgan fingerprint density at radius 1 is 1.45 bits per heavy atom. The minimum Gasteiger partial charge on any atom is -0.272 e. The highest BCUT2D eigenvalue weighted by Crippen LogP contribution is 2.44. The van der Waals surface area contributed by atoms with Gasteiger partial charge >= 0.3 is 0 Å². The van der Waals surface area contributed by atoms with Gasteiger partial charge in [-0.25, -0.2) is 18.2 Å². The van der Waals surface area contributed by atoms with Gasteiger partial charge in [-0.2, -0.15) is 0 Å². The number of hydrazine groups is 1. The van der Waals surface area contributed by atoms with E-state index in [1.165, 1.54) is 24.2 Å². The number of halogens is 3. The zero-order valence-electron chi connectivity index (χ0n) is 10.9. The Balaban J connectivity index is 1.93. The molecule has 4 nitrogen and oxygen atoms in total. The van der Waals surface area contributed by atoms with E-state index in [-0.39, 0.29) is 6.54 Å².